The van der Waals surface area contributed by atoms with E-state index in [1.807, 2.05) is 31.2 Å². The Kier molecular flexibility index (Phi) is 3.89. The molecular formula is C21H14ClNO4. The van der Waals surface area contributed by atoms with E-state index in [-0.39, 0.29) is 38.8 Å². The number of aryl methyl sites for hydroxylation is 1. The fraction of sp³-hybridized carbons (Fsp3) is 0.0476. The highest BCUT2D eigenvalue weighted by Gasteiger charge is 2.37. The zero-order valence-corrected chi connectivity index (χ0v) is 15.0. The molecule has 0 spiro atoms. The molecule has 0 unspecified atom stereocenters. The van der Waals surface area contributed by atoms with Crippen LogP contribution in [0.2, 0.25) is 5.02 Å². The lowest BCUT2D eigenvalue weighted by Gasteiger charge is -2.23. The van der Waals surface area contributed by atoms with Crippen molar-refractivity contribution in [3.63, 3.8) is 0 Å². The van der Waals surface area contributed by atoms with E-state index in [1.165, 1.54) is 24.3 Å². The Labute approximate surface area is 159 Å². The third-order valence-corrected chi connectivity index (χ3v) is 4.95. The normalized spacial score (nSPS) is 12.5. The number of anilines is 2. The van der Waals surface area contributed by atoms with E-state index in [2.05, 4.69) is 5.32 Å². The molecule has 5 nitrogen and oxygen atoms in total. The summed E-state index contributed by atoms with van der Waals surface area (Å²) in [4.78, 5) is 26.1. The molecule has 0 aliphatic heterocycles. The molecule has 3 aromatic rings. The highest BCUT2D eigenvalue weighted by Crippen LogP contribution is 2.42. The number of rotatable bonds is 2. The van der Waals surface area contributed by atoms with E-state index in [9.17, 15) is 19.8 Å². The lowest BCUT2D eigenvalue weighted by molar-refractivity contribution is 0.0975. The average Bonchev–Trinajstić information content (AvgIpc) is 2.64. The van der Waals surface area contributed by atoms with Gasteiger partial charge in [0.15, 0.2) is 5.78 Å². The van der Waals surface area contributed by atoms with Gasteiger partial charge in [-0.05, 0) is 42.8 Å². The first-order chi connectivity index (χ1) is 12.9. The Bertz CT molecular complexity index is 1140. The first-order valence-corrected chi connectivity index (χ1v) is 8.57. The van der Waals surface area contributed by atoms with Crippen molar-refractivity contribution in [1.29, 1.82) is 0 Å². The van der Waals surface area contributed by atoms with Gasteiger partial charge in [0, 0.05) is 5.69 Å². The third kappa shape index (κ3) is 2.55. The van der Waals surface area contributed by atoms with Crippen molar-refractivity contribution in [3.8, 4) is 11.5 Å². The maximum absolute atomic E-state index is 13.2. The fourth-order valence-corrected chi connectivity index (χ4v) is 3.53. The van der Waals surface area contributed by atoms with Crippen LogP contribution < -0.4 is 5.32 Å². The second kappa shape index (κ2) is 6.14. The van der Waals surface area contributed by atoms with Crippen LogP contribution in [0, 0.1) is 6.92 Å². The van der Waals surface area contributed by atoms with E-state index in [4.69, 9.17) is 11.6 Å². The molecule has 0 bridgehead atoms. The summed E-state index contributed by atoms with van der Waals surface area (Å²) in [6, 6.07) is 13.0. The van der Waals surface area contributed by atoms with E-state index in [0.29, 0.717) is 5.69 Å². The molecule has 3 N–H and O–H groups in total. The van der Waals surface area contributed by atoms with Crippen molar-refractivity contribution in [3.05, 3.63) is 81.4 Å². The van der Waals surface area contributed by atoms with Crippen LogP contribution in [0.15, 0.2) is 48.5 Å². The van der Waals surface area contributed by atoms with E-state index in [1.54, 1.807) is 0 Å². The van der Waals surface area contributed by atoms with Crippen molar-refractivity contribution >= 4 is 34.5 Å². The summed E-state index contributed by atoms with van der Waals surface area (Å²) in [7, 11) is 0. The van der Waals surface area contributed by atoms with Crippen LogP contribution >= 0.6 is 11.6 Å². The minimum absolute atomic E-state index is 0.00770. The highest BCUT2D eigenvalue weighted by molar-refractivity contribution is 6.40. The van der Waals surface area contributed by atoms with Gasteiger partial charge in [-0.2, -0.15) is 0 Å². The minimum atomic E-state index is -0.605. The molecule has 1 aliphatic carbocycles. The summed E-state index contributed by atoms with van der Waals surface area (Å²) in [6.45, 7) is 1.91. The summed E-state index contributed by atoms with van der Waals surface area (Å²) in [5.74, 6) is -1.83. The first kappa shape index (κ1) is 17.1. The summed E-state index contributed by atoms with van der Waals surface area (Å²) < 4.78 is 0. The number of ketones is 2. The van der Waals surface area contributed by atoms with Gasteiger partial charge < -0.3 is 15.5 Å². The van der Waals surface area contributed by atoms with Crippen molar-refractivity contribution in [2.45, 2.75) is 6.92 Å². The van der Waals surface area contributed by atoms with Gasteiger partial charge in [-0.15, -0.1) is 0 Å². The zero-order valence-electron chi connectivity index (χ0n) is 14.2. The van der Waals surface area contributed by atoms with Crippen molar-refractivity contribution in [1.82, 2.24) is 0 Å². The highest BCUT2D eigenvalue weighted by atomic mass is 35.5. The van der Waals surface area contributed by atoms with Crippen molar-refractivity contribution in [2.24, 2.45) is 0 Å². The summed E-state index contributed by atoms with van der Waals surface area (Å²) in [5.41, 5.74) is 1.69. The number of para-hydroxylation sites is 1. The van der Waals surface area contributed by atoms with Gasteiger partial charge in [-0.25, -0.2) is 0 Å². The van der Waals surface area contributed by atoms with Gasteiger partial charge >= 0.3 is 0 Å². The topological polar surface area (TPSA) is 86.6 Å². The van der Waals surface area contributed by atoms with Crippen LogP contribution in [0.1, 0.15) is 37.4 Å². The Balaban J connectivity index is 1.96. The molecule has 3 aromatic carbocycles. The SMILES string of the molecule is Cc1ccccc1Nc1ccc(O)c2c1C(=O)c1c(O)ccc(Cl)c1C2=O. The molecule has 0 saturated heterocycles. The molecule has 0 saturated carbocycles. The third-order valence-electron chi connectivity index (χ3n) is 4.64. The summed E-state index contributed by atoms with van der Waals surface area (Å²) in [5, 5.41) is 23.6. The number of hydrogen-bond acceptors (Lipinski definition) is 5. The molecule has 27 heavy (non-hydrogen) atoms. The predicted octanol–water partition coefficient (Wildman–Crippen LogP) is 4.58. The zero-order chi connectivity index (χ0) is 19.3. The monoisotopic (exact) mass is 379 g/mol. The quantitative estimate of drug-likeness (QED) is 0.444. The Morgan fingerprint density at radius 2 is 1.33 bits per heavy atom. The van der Waals surface area contributed by atoms with Gasteiger partial charge in [0.1, 0.15) is 11.5 Å². The van der Waals surface area contributed by atoms with E-state index < -0.39 is 11.6 Å². The number of nitrogens with one attached hydrogen (secondary N) is 1. The molecule has 4 rings (SSSR count). The number of aromatic hydroxyl groups is 2. The minimum Gasteiger partial charge on any atom is -0.507 e. The lowest BCUT2D eigenvalue weighted by Crippen LogP contribution is -2.23. The summed E-state index contributed by atoms with van der Waals surface area (Å²) >= 11 is 6.10. The van der Waals surface area contributed by atoms with Gasteiger partial charge in [0.25, 0.3) is 0 Å². The molecule has 0 aromatic heterocycles. The van der Waals surface area contributed by atoms with Crippen LogP contribution in [0.4, 0.5) is 11.4 Å². The van der Waals surface area contributed by atoms with Crippen molar-refractivity contribution < 1.29 is 19.8 Å². The number of phenols is 2. The molecule has 0 fully saturated rings. The number of fused-ring (bicyclic) bond motifs is 2. The van der Waals surface area contributed by atoms with Gasteiger partial charge in [0.2, 0.25) is 5.78 Å². The van der Waals surface area contributed by atoms with Gasteiger partial charge in [-0.1, -0.05) is 29.8 Å². The van der Waals surface area contributed by atoms with Crippen LogP contribution in [0.5, 0.6) is 11.5 Å². The summed E-state index contributed by atoms with van der Waals surface area (Å²) in [6.07, 6.45) is 0. The van der Waals surface area contributed by atoms with E-state index >= 15 is 0 Å². The molecule has 1 aliphatic rings. The van der Waals surface area contributed by atoms with Crippen molar-refractivity contribution in [2.75, 3.05) is 5.32 Å². The number of halogens is 1. The molecule has 0 amide bonds. The van der Waals surface area contributed by atoms with Crippen LogP contribution in [0.25, 0.3) is 0 Å². The van der Waals surface area contributed by atoms with Crippen LogP contribution in [-0.2, 0) is 0 Å². The Morgan fingerprint density at radius 1 is 0.741 bits per heavy atom. The largest absolute Gasteiger partial charge is 0.507 e. The first-order valence-electron chi connectivity index (χ1n) is 8.19. The number of hydrogen-bond donors (Lipinski definition) is 3. The maximum Gasteiger partial charge on any atom is 0.200 e. The molecule has 0 radical (unpaired) electrons. The standard InChI is InChI=1S/C21H14ClNO4/c1-10-4-2-3-5-12(10)23-13-7-9-15(25)19-17(13)21(27)18-14(24)8-6-11(22)16(18)20(19)26/h2-9,23-25H,1H3. The smallest absolute Gasteiger partial charge is 0.200 e. The van der Waals surface area contributed by atoms with Gasteiger partial charge in [-0.3, -0.25) is 9.59 Å². The van der Waals surface area contributed by atoms with E-state index in [0.717, 1.165) is 11.3 Å². The Hall–Kier alpha value is -3.31. The Morgan fingerprint density at radius 3 is 2.04 bits per heavy atom. The molecule has 0 heterocycles. The second-order valence-corrected chi connectivity index (χ2v) is 6.70. The number of phenolic OH excluding ortho intramolecular Hbond substituents is 2. The fourth-order valence-electron chi connectivity index (χ4n) is 3.29. The number of carbonyl (C=O) groups excluding carboxylic acids is 2. The average molecular weight is 380 g/mol. The van der Waals surface area contributed by atoms with Gasteiger partial charge in [0.05, 0.1) is 33.0 Å². The number of benzene rings is 3. The second-order valence-electron chi connectivity index (χ2n) is 6.30. The molecule has 6 heteroatoms. The number of carbonyl (C=O) groups is 2. The van der Waals surface area contributed by atoms with Crippen LogP contribution in [0.3, 0.4) is 0 Å². The molecular weight excluding hydrogens is 366 g/mol. The lowest BCUT2D eigenvalue weighted by atomic mass is 9.82. The maximum atomic E-state index is 13.2. The molecule has 134 valence electrons. The van der Waals surface area contributed by atoms with Crippen LogP contribution in [-0.4, -0.2) is 21.8 Å². The molecule has 0 atom stereocenters. The predicted molar refractivity (Wildman–Crippen MR) is 103 cm³/mol.